The average molecular weight is 339 g/mol. The van der Waals surface area contributed by atoms with Gasteiger partial charge in [-0.05, 0) is 37.8 Å². The largest absolute Gasteiger partial charge is 0.330 e. The predicted octanol–water partition coefficient (Wildman–Crippen LogP) is 1.67. The lowest BCUT2D eigenvalue weighted by Gasteiger charge is -2.23. The lowest BCUT2D eigenvalue weighted by atomic mass is 10.2. The highest BCUT2D eigenvalue weighted by atomic mass is 16.2. The SMILES string of the molecule is O=C(Nc1ccn(Cc2ccccn2)n1)[C@@H]1CCCN1C(=O)C1CC1. The van der Waals surface area contributed by atoms with Gasteiger partial charge < -0.3 is 10.2 Å². The highest BCUT2D eigenvalue weighted by Crippen LogP contribution is 2.33. The fraction of sp³-hybridized carbons (Fsp3) is 0.444. The number of likely N-dealkylation sites (tertiary alicyclic amines) is 1. The maximum atomic E-state index is 12.6. The molecule has 0 unspecified atom stereocenters. The molecule has 1 N–H and O–H groups in total. The summed E-state index contributed by atoms with van der Waals surface area (Å²) in [6.45, 7) is 1.23. The van der Waals surface area contributed by atoms with E-state index in [-0.39, 0.29) is 23.8 Å². The average Bonchev–Trinajstić information content (AvgIpc) is 3.19. The van der Waals surface area contributed by atoms with Crippen molar-refractivity contribution in [2.24, 2.45) is 5.92 Å². The van der Waals surface area contributed by atoms with Crippen LogP contribution in [0.4, 0.5) is 5.82 Å². The quantitative estimate of drug-likeness (QED) is 0.898. The van der Waals surface area contributed by atoms with Crippen LogP contribution in [0.5, 0.6) is 0 Å². The molecular weight excluding hydrogens is 318 g/mol. The maximum absolute atomic E-state index is 12.6. The molecule has 3 heterocycles. The molecule has 0 spiro atoms. The van der Waals surface area contributed by atoms with Crippen molar-refractivity contribution >= 4 is 17.6 Å². The number of rotatable bonds is 5. The van der Waals surface area contributed by atoms with Gasteiger partial charge in [-0.3, -0.25) is 19.3 Å². The van der Waals surface area contributed by atoms with E-state index in [0.717, 1.165) is 31.4 Å². The Labute approximate surface area is 146 Å². The van der Waals surface area contributed by atoms with Crippen molar-refractivity contribution in [2.75, 3.05) is 11.9 Å². The Morgan fingerprint density at radius 1 is 1.20 bits per heavy atom. The number of nitrogens with one attached hydrogen (secondary N) is 1. The van der Waals surface area contributed by atoms with Gasteiger partial charge in [-0.15, -0.1) is 0 Å². The first-order valence-corrected chi connectivity index (χ1v) is 8.75. The van der Waals surface area contributed by atoms with Crippen LogP contribution in [0.15, 0.2) is 36.7 Å². The number of carbonyl (C=O) groups is 2. The van der Waals surface area contributed by atoms with E-state index in [1.54, 1.807) is 21.8 Å². The van der Waals surface area contributed by atoms with E-state index in [4.69, 9.17) is 0 Å². The van der Waals surface area contributed by atoms with Crippen LogP contribution in [0, 0.1) is 5.92 Å². The van der Waals surface area contributed by atoms with Gasteiger partial charge in [-0.1, -0.05) is 6.07 Å². The molecule has 25 heavy (non-hydrogen) atoms. The van der Waals surface area contributed by atoms with Crippen LogP contribution >= 0.6 is 0 Å². The maximum Gasteiger partial charge on any atom is 0.248 e. The molecule has 1 aliphatic heterocycles. The van der Waals surface area contributed by atoms with E-state index in [1.807, 2.05) is 24.4 Å². The molecule has 2 fully saturated rings. The molecule has 2 aliphatic rings. The molecular formula is C18H21N5O2. The molecule has 0 bridgehead atoms. The summed E-state index contributed by atoms with van der Waals surface area (Å²) in [5, 5.41) is 7.22. The summed E-state index contributed by atoms with van der Waals surface area (Å²) in [5.74, 6) is 0.644. The van der Waals surface area contributed by atoms with E-state index >= 15 is 0 Å². The van der Waals surface area contributed by atoms with Gasteiger partial charge in [0.05, 0.1) is 12.2 Å². The van der Waals surface area contributed by atoms with E-state index in [9.17, 15) is 9.59 Å². The van der Waals surface area contributed by atoms with Crippen molar-refractivity contribution in [3.05, 3.63) is 42.4 Å². The van der Waals surface area contributed by atoms with Crippen LogP contribution in [0.2, 0.25) is 0 Å². The molecule has 1 aliphatic carbocycles. The first-order valence-electron chi connectivity index (χ1n) is 8.75. The lowest BCUT2D eigenvalue weighted by molar-refractivity contribution is -0.137. The first kappa shape index (κ1) is 15.8. The second-order valence-electron chi connectivity index (χ2n) is 6.67. The standard InChI is InChI=1S/C18H21N5O2/c24-17(15-5-3-10-23(15)18(25)13-6-7-13)20-16-8-11-22(21-16)12-14-4-1-2-9-19-14/h1-2,4,8-9,11,13,15H,3,5-7,10,12H2,(H,20,21,24)/t15-/m0/s1. The third kappa shape index (κ3) is 3.55. The second-order valence-corrected chi connectivity index (χ2v) is 6.67. The van der Waals surface area contributed by atoms with Gasteiger partial charge in [-0.25, -0.2) is 0 Å². The van der Waals surface area contributed by atoms with Crippen molar-refractivity contribution in [3.8, 4) is 0 Å². The fourth-order valence-electron chi connectivity index (χ4n) is 3.25. The minimum Gasteiger partial charge on any atom is -0.330 e. The molecule has 2 aromatic heterocycles. The third-order valence-corrected chi connectivity index (χ3v) is 4.71. The Hall–Kier alpha value is -2.70. The number of aromatic nitrogens is 3. The highest BCUT2D eigenvalue weighted by molar-refractivity contribution is 5.97. The van der Waals surface area contributed by atoms with Gasteiger partial charge >= 0.3 is 0 Å². The van der Waals surface area contributed by atoms with Crippen LogP contribution < -0.4 is 5.32 Å². The number of nitrogens with zero attached hydrogens (tertiary/aromatic N) is 4. The van der Waals surface area contributed by atoms with Gasteiger partial charge in [-0.2, -0.15) is 5.10 Å². The lowest BCUT2D eigenvalue weighted by Crippen LogP contribution is -2.43. The molecule has 7 heteroatoms. The topological polar surface area (TPSA) is 80.1 Å². The minimum atomic E-state index is -0.367. The normalized spacial score (nSPS) is 19.8. The summed E-state index contributed by atoms with van der Waals surface area (Å²) in [6, 6.07) is 7.13. The van der Waals surface area contributed by atoms with Crippen LogP contribution in [-0.4, -0.2) is 44.1 Å². The number of carbonyl (C=O) groups excluding carboxylic acids is 2. The molecule has 4 rings (SSSR count). The summed E-state index contributed by atoms with van der Waals surface area (Å²) in [4.78, 5) is 30.9. The van der Waals surface area contributed by atoms with Crippen LogP contribution in [-0.2, 0) is 16.1 Å². The zero-order valence-corrected chi connectivity index (χ0v) is 14.0. The monoisotopic (exact) mass is 339 g/mol. The molecule has 2 amide bonds. The Kier molecular flexibility index (Phi) is 4.21. The van der Waals surface area contributed by atoms with Crippen molar-refractivity contribution in [1.82, 2.24) is 19.7 Å². The summed E-state index contributed by atoms with van der Waals surface area (Å²) in [7, 11) is 0. The van der Waals surface area contributed by atoms with Gasteiger partial charge in [0, 0.05) is 30.9 Å². The van der Waals surface area contributed by atoms with Crippen molar-refractivity contribution in [1.29, 1.82) is 0 Å². The van der Waals surface area contributed by atoms with E-state index < -0.39 is 0 Å². The summed E-state index contributed by atoms with van der Waals surface area (Å²) in [5.41, 5.74) is 0.903. The highest BCUT2D eigenvalue weighted by Gasteiger charge is 2.40. The van der Waals surface area contributed by atoms with Gasteiger partial charge in [0.25, 0.3) is 0 Å². The van der Waals surface area contributed by atoms with E-state index in [0.29, 0.717) is 18.9 Å². The van der Waals surface area contributed by atoms with Crippen LogP contribution in [0.3, 0.4) is 0 Å². The Morgan fingerprint density at radius 2 is 2.08 bits per heavy atom. The van der Waals surface area contributed by atoms with E-state index in [1.165, 1.54) is 0 Å². The molecule has 7 nitrogen and oxygen atoms in total. The second kappa shape index (κ2) is 6.66. The smallest absolute Gasteiger partial charge is 0.248 e. The van der Waals surface area contributed by atoms with Gasteiger partial charge in [0.2, 0.25) is 11.8 Å². The predicted molar refractivity (Wildman–Crippen MR) is 91.7 cm³/mol. The number of hydrogen-bond acceptors (Lipinski definition) is 4. The Bertz CT molecular complexity index is 769. The minimum absolute atomic E-state index is 0.137. The van der Waals surface area contributed by atoms with Crippen molar-refractivity contribution < 1.29 is 9.59 Å². The van der Waals surface area contributed by atoms with Crippen molar-refractivity contribution in [2.45, 2.75) is 38.3 Å². The molecule has 0 radical (unpaired) electrons. The van der Waals surface area contributed by atoms with Crippen LogP contribution in [0.25, 0.3) is 0 Å². The summed E-state index contributed by atoms with van der Waals surface area (Å²) >= 11 is 0. The Morgan fingerprint density at radius 3 is 2.84 bits per heavy atom. The summed E-state index contributed by atoms with van der Waals surface area (Å²) < 4.78 is 1.74. The molecule has 130 valence electrons. The fourth-order valence-corrected chi connectivity index (χ4v) is 3.25. The molecule has 1 saturated heterocycles. The number of hydrogen-bond donors (Lipinski definition) is 1. The first-order chi connectivity index (χ1) is 12.2. The third-order valence-electron chi connectivity index (χ3n) is 4.71. The van der Waals surface area contributed by atoms with Crippen LogP contribution in [0.1, 0.15) is 31.4 Å². The molecule has 0 aromatic carbocycles. The van der Waals surface area contributed by atoms with Crippen molar-refractivity contribution in [3.63, 3.8) is 0 Å². The van der Waals surface area contributed by atoms with E-state index in [2.05, 4.69) is 15.4 Å². The molecule has 1 saturated carbocycles. The summed E-state index contributed by atoms with van der Waals surface area (Å²) in [6.07, 6.45) is 7.08. The number of amides is 2. The Balaban J connectivity index is 1.38. The zero-order valence-electron chi connectivity index (χ0n) is 14.0. The number of anilines is 1. The number of pyridine rings is 1. The molecule has 1 atom stereocenters. The zero-order chi connectivity index (χ0) is 17.2. The van der Waals surface area contributed by atoms with Gasteiger partial charge in [0.15, 0.2) is 5.82 Å². The molecule has 2 aromatic rings. The van der Waals surface area contributed by atoms with Gasteiger partial charge in [0.1, 0.15) is 6.04 Å².